The van der Waals surface area contributed by atoms with Crippen molar-refractivity contribution in [1.82, 2.24) is 9.62 Å². The van der Waals surface area contributed by atoms with Crippen LogP contribution >= 0.6 is 0 Å². The number of hydrogen-bond donors (Lipinski definition) is 1. The molecule has 2 saturated heterocycles. The minimum Gasteiger partial charge on any atom is -0.377 e. The molecule has 8 nitrogen and oxygen atoms in total. The van der Waals surface area contributed by atoms with Gasteiger partial charge in [0, 0.05) is 51.3 Å². The first-order valence-electron chi connectivity index (χ1n) is 11.3. The Bertz CT molecular complexity index is 921. The van der Waals surface area contributed by atoms with Crippen LogP contribution in [0.15, 0.2) is 23.1 Å². The summed E-state index contributed by atoms with van der Waals surface area (Å²) in [6.07, 6.45) is 6.00. The molecule has 0 spiro atoms. The Hall–Kier alpha value is -1.97. The van der Waals surface area contributed by atoms with Gasteiger partial charge >= 0.3 is 0 Å². The molecule has 0 saturated carbocycles. The molecule has 1 atom stereocenters. The zero-order chi connectivity index (χ0) is 21.8. The van der Waals surface area contributed by atoms with Gasteiger partial charge in [-0.25, -0.2) is 13.1 Å². The van der Waals surface area contributed by atoms with Crippen LogP contribution in [0.5, 0.6) is 0 Å². The molecule has 0 aliphatic carbocycles. The number of amides is 2. The van der Waals surface area contributed by atoms with E-state index in [4.69, 9.17) is 4.74 Å². The van der Waals surface area contributed by atoms with Crippen LogP contribution in [0.4, 0.5) is 5.69 Å². The molecule has 1 aromatic carbocycles. The summed E-state index contributed by atoms with van der Waals surface area (Å²) in [5.74, 6) is -0.0394. The summed E-state index contributed by atoms with van der Waals surface area (Å²) in [5.41, 5.74) is 1.59. The number of hydrogen-bond acceptors (Lipinski definition) is 5. The number of ether oxygens (including phenoxy) is 1. The van der Waals surface area contributed by atoms with E-state index in [0.717, 1.165) is 56.4 Å². The molecule has 0 radical (unpaired) electrons. The van der Waals surface area contributed by atoms with Crippen molar-refractivity contribution in [2.75, 3.05) is 37.7 Å². The van der Waals surface area contributed by atoms with Gasteiger partial charge in [0.15, 0.2) is 0 Å². The van der Waals surface area contributed by atoms with Gasteiger partial charge in [0.2, 0.25) is 21.8 Å². The molecule has 31 heavy (non-hydrogen) atoms. The molecule has 2 fully saturated rings. The van der Waals surface area contributed by atoms with E-state index in [-0.39, 0.29) is 42.2 Å². The van der Waals surface area contributed by atoms with Crippen molar-refractivity contribution in [3.8, 4) is 0 Å². The highest BCUT2D eigenvalue weighted by Crippen LogP contribution is 2.31. The van der Waals surface area contributed by atoms with Crippen molar-refractivity contribution in [1.29, 1.82) is 0 Å². The van der Waals surface area contributed by atoms with Gasteiger partial charge in [-0.1, -0.05) is 0 Å². The van der Waals surface area contributed by atoms with Crippen molar-refractivity contribution in [3.05, 3.63) is 23.8 Å². The number of nitrogens with zero attached hydrogens (tertiary/aromatic N) is 2. The molecule has 0 aromatic heterocycles. The van der Waals surface area contributed by atoms with Gasteiger partial charge in [0.1, 0.15) is 0 Å². The molecule has 1 aromatic rings. The number of piperidine rings is 1. The van der Waals surface area contributed by atoms with Crippen molar-refractivity contribution in [2.24, 2.45) is 0 Å². The van der Waals surface area contributed by atoms with Crippen LogP contribution in [-0.2, 0) is 30.8 Å². The molecule has 170 valence electrons. The molecule has 0 unspecified atom stereocenters. The Morgan fingerprint density at radius 2 is 1.81 bits per heavy atom. The van der Waals surface area contributed by atoms with E-state index in [1.54, 1.807) is 23.1 Å². The van der Waals surface area contributed by atoms with Crippen LogP contribution in [-0.4, -0.2) is 64.0 Å². The topological polar surface area (TPSA) is 96.0 Å². The maximum absolute atomic E-state index is 12.7. The molecule has 4 rings (SSSR count). The second kappa shape index (κ2) is 9.67. The highest BCUT2D eigenvalue weighted by atomic mass is 32.2. The number of carbonyl (C=O) groups is 2. The lowest BCUT2D eigenvalue weighted by molar-refractivity contribution is -0.133. The van der Waals surface area contributed by atoms with E-state index >= 15 is 0 Å². The van der Waals surface area contributed by atoms with Gasteiger partial charge in [0.05, 0.1) is 11.0 Å². The number of fused-ring (bicyclic) bond motifs is 1. The summed E-state index contributed by atoms with van der Waals surface area (Å²) in [6, 6.07) is 4.90. The Balaban J connectivity index is 1.35. The summed E-state index contributed by atoms with van der Waals surface area (Å²) in [5, 5.41) is 0. The predicted molar refractivity (Wildman–Crippen MR) is 116 cm³/mol. The first-order chi connectivity index (χ1) is 14.9. The van der Waals surface area contributed by atoms with E-state index in [1.165, 1.54) is 0 Å². The summed E-state index contributed by atoms with van der Waals surface area (Å²) in [4.78, 5) is 28.8. The fraction of sp³-hybridized carbons (Fsp3) is 0.636. The Labute approximate surface area is 184 Å². The lowest BCUT2D eigenvalue weighted by atomic mass is 10.1. The first-order valence-corrected chi connectivity index (χ1v) is 12.7. The van der Waals surface area contributed by atoms with Gasteiger partial charge in [-0.05, 0) is 62.3 Å². The first kappa shape index (κ1) is 22.2. The molecule has 3 aliphatic rings. The number of carbonyl (C=O) groups excluding carboxylic acids is 2. The molecule has 3 aliphatic heterocycles. The largest absolute Gasteiger partial charge is 0.377 e. The van der Waals surface area contributed by atoms with Crippen LogP contribution in [0.25, 0.3) is 0 Å². The Morgan fingerprint density at radius 1 is 1.03 bits per heavy atom. The van der Waals surface area contributed by atoms with Crippen LogP contribution in [0.2, 0.25) is 0 Å². The van der Waals surface area contributed by atoms with E-state index in [0.29, 0.717) is 19.6 Å². The van der Waals surface area contributed by atoms with E-state index < -0.39 is 10.0 Å². The van der Waals surface area contributed by atoms with Gasteiger partial charge in [-0.15, -0.1) is 0 Å². The third-order valence-electron chi connectivity index (χ3n) is 6.34. The predicted octanol–water partition coefficient (Wildman–Crippen LogP) is 1.83. The molecular formula is C22H31N3O5S. The maximum Gasteiger partial charge on any atom is 0.240 e. The van der Waals surface area contributed by atoms with Crippen LogP contribution in [0.1, 0.15) is 50.5 Å². The van der Waals surface area contributed by atoms with Crippen LogP contribution in [0.3, 0.4) is 0 Å². The van der Waals surface area contributed by atoms with Crippen LogP contribution in [0, 0.1) is 0 Å². The number of likely N-dealkylation sites (tertiary alicyclic amines) is 1. The maximum atomic E-state index is 12.7. The Morgan fingerprint density at radius 3 is 2.55 bits per heavy atom. The monoisotopic (exact) mass is 449 g/mol. The van der Waals surface area contributed by atoms with Crippen molar-refractivity contribution in [2.45, 2.75) is 62.4 Å². The van der Waals surface area contributed by atoms with E-state index in [9.17, 15) is 18.0 Å². The molecule has 2 amide bonds. The molecule has 9 heteroatoms. The SMILES string of the molecule is O=C(CCC(=O)N1CCc2cc(S(=O)(=O)NC[C@@H]3CCCO3)ccc21)N1CCCCC1. The minimum atomic E-state index is -3.62. The lowest BCUT2D eigenvalue weighted by Crippen LogP contribution is -2.37. The second-order valence-corrected chi connectivity index (χ2v) is 10.3. The number of nitrogens with one attached hydrogen (secondary N) is 1. The van der Waals surface area contributed by atoms with Crippen molar-refractivity contribution in [3.63, 3.8) is 0 Å². The van der Waals surface area contributed by atoms with Gasteiger partial charge in [-0.3, -0.25) is 9.59 Å². The van der Waals surface area contributed by atoms with Gasteiger partial charge in [0.25, 0.3) is 0 Å². The highest BCUT2D eigenvalue weighted by Gasteiger charge is 2.28. The normalized spacial score (nSPS) is 21.4. The molecular weight excluding hydrogens is 418 g/mol. The fourth-order valence-corrected chi connectivity index (χ4v) is 5.66. The number of sulfonamides is 1. The fourth-order valence-electron chi connectivity index (χ4n) is 4.55. The molecule has 3 heterocycles. The number of anilines is 1. The van der Waals surface area contributed by atoms with E-state index in [2.05, 4.69) is 4.72 Å². The standard InChI is InChI=1S/C22H31N3O5S/c26-21(24-11-2-1-3-12-24)8-9-22(27)25-13-10-17-15-19(6-7-20(17)25)31(28,29)23-16-18-5-4-14-30-18/h6-7,15,18,23H,1-5,8-14,16H2/t18-/m0/s1. The van der Waals surface area contributed by atoms with Crippen molar-refractivity contribution < 1.29 is 22.7 Å². The summed E-state index contributed by atoms with van der Waals surface area (Å²) < 4.78 is 33.4. The second-order valence-electron chi connectivity index (χ2n) is 8.51. The average molecular weight is 450 g/mol. The highest BCUT2D eigenvalue weighted by molar-refractivity contribution is 7.89. The smallest absolute Gasteiger partial charge is 0.240 e. The minimum absolute atomic E-state index is 0.0474. The van der Waals surface area contributed by atoms with Crippen LogP contribution < -0.4 is 9.62 Å². The number of benzene rings is 1. The molecule has 1 N–H and O–H groups in total. The summed E-state index contributed by atoms with van der Waals surface area (Å²) >= 11 is 0. The number of rotatable bonds is 7. The quantitative estimate of drug-likeness (QED) is 0.685. The average Bonchev–Trinajstić information content (AvgIpc) is 3.46. The van der Waals surface area contributed by atoms with Gasteiger partial charge in [-0.2, -0.15) is 0 Å². The zero-order valence-corrected chi connectivity index (χ0v) is 18.7. The summed E-state index contributed by atoms with van der Waals surface area (Å²) in [6.45, 7) is 3.04. The Kier molecular flexibility index (Phi) is 6.93. The van der Waals surface area contributed by atoms with Crippen molar-refractivity contribution >= 4 is 27.5 Å². The molecule has 0 bridgehead atoms. The lowest BCUT2D eigenvalue weighted by Gasteiger charge is -2.27. The third kappa shape index (κ3) is 5.27. The summed E-state index contributed by atoms with van der Waals surface area (Å²) in [7, 11) is -3.62. The van der Waals surface area contributed by atoms with E-state index in [1.807, 2.05) is 4.90 Å². The zero-order valence-electron chi connectivity index (χ0n) is 17.8. The van der Waals surface area contributed by atoms with Gasteiger partial charge < -0.3 is 14.5 Å². The third-order valence-corrected chi connectivity index (χ3v) is 7.77.